The second-order valence-corrected chi connectivity index (χ2v) is 7.26. The molecule has 1 aromatic carbocycles. The molecule has 0 spiro atoms. The lowest BCUT2D eigenvalue weighted by Gasteiger charge is -2.24. The van der Waals surface area contributed by atoms with Crippen LogP contribution >= 0.6 is 0 Å². The molecule has 0 saturated carbocycles. The number of nitrogens with zero attached hydrogens (tertiary/aromatic N) is 2. The largest absolute Gasteiger partial charge is 0.465 e. The number of nitrogens with one attached hydrogen (secondary N) is 1. The van der Waals surface area contributed by atoms with Crippen molar-refractivity contribution in [2.75, 3.05) is 20.2 Å². The van der Waals surface area contributed by atoms with Gasteiger partial charge in [-0.1, -0.05) is 0 Å². The number of carbonyl (C=O) groups excluding carboxylic acids is 2. The van der Waals surface area contributed by atoms with E-state index in [-0.39, 0.29) is 18.0 Å². The average molecular weight is 345 g/mol. The van der Waals surface area contributed by atoms with Gasteiger partial charge >= 0.3 is 12.1 Å². The highest BCUT2D eigenvalue weighted by Crippen LogP contribution is 2.28. The highest BCUT2D eigenvalue weighted by Gasteiger charge is 2.32. The van der Waals surface area contributed by atoms with Crippen molar-refractivity contribution < 1.29 is 19.1 Å². The number of imidazole rings is 1. The van der Waals surface area contributed by atoms with Crippen molar-refractivity contribution in [3.05, 3.63) is 29.6 Å². The Morgan fingerprint density at radius 1 is 1.32 bits per heavy atom. The van der Waals surface area contributed by atoms with Crippen LogP contribution in [-0.2, 0) is 9.47 Å². The predicted molar refractivity (Wildman–Crippen MR) is 92.6 cm³/mol. The lowest BCUT2D eigenvalue weighted by atomic mass is 10.1. The minimum Gasteiger partial charge on any atom is -0.465 e. The van der Waals surface area contributed by atoms with E-state index < -0.39 is 5.60 Å². The Morgan fingerprint density at radius 3 is 2.76 bits per heavy atom. The zero-order chi connectivity index (χ0) is 18.2. The summed E-state index contributed by atoms with van der Waals surface area (Å²) in [6, 6.07) is 5.22. The topological polar surface area (TPSA) is 84.5 Å². The van der Waals surface area contributed by atoms with Gasteiger partial charge < -0.3 is 19.4 Å². The lowest BCUT2D eigenvalue weighted by Crippen LogP contribution is -2.35. The number of rotatable bonds is 2. The van der Waals surface area contributed by atoms with Crippen LogP contribution in [0, 0.1) is 0 Å². The zero-order valence-corrected chi connectivity index (χ0v) is 15.0. The maximum absolute atomic E-state index is 12.2. The predicted octanol–water partition coefficient (Wildman–Crippen LogP) is 3.07. The number of aromatic nitrogens is 2. The third-order valence-corrected chi connectivity index (χ3v) is 4.15. The van der Waals surface area contributed by atoms with E-state index in [1.807, 2.05) is 20.8 Å². The number of benzene rings is 1. The van der Waals surface area contributed by atoms with E-state index in [1.54, 1.807) is 23.1 Å². The molecule has 1 unspecified atom stereocenters. The first kappa shape index (κ1) is 17.3. The second kappa shape index (κ2) is 6.38. The van der Waals surface area contributed by atoms with Gasteiger partial charge in [0.05, 0.1) is 23.7 Å². The molecule has 1 aliphatic rings. The molecule has 1 fully saturated rings. The normalized spacial score (nSPS) is 17.8. The number of fused-ring (bicyclic) bond motifs is 1. The molecule has 1 amide bonds. The summed E-state index contributed by atoms with van der Waals surface area (Å²) in [6.07, 6.45) is 0.530. The number of amides is 1. The molecule has 2 aromatic rings. The molecule has 2 heterocycles. The van der Waals surface area contributed by atoms with Crippen LogP contribution < -0.4 is 0 Å². The summed E-state index contributed by atoms with van der Waals surface area (Å²) in [5, 5.41) is 0. The SMILES string of the molecule is COC(=O)c1ccc2nc(C3CCN(C(=O)OC(C)(C)C)C3)[nH]c2c1. The van der Waals surface area contributed by atoms with Gasteiger partial charge in [-0.25, -0.2) is 14.6 Å². The van der Waals surface area contributed by atoms with Gasteiger partial charge in [0.2, 0.25) is 0 Å². The number of esters is 1. The smallest absolute Gasteiger partial charge is 0.410 e. The third-order valence-electron chi connectivity index (χ3n) is 4.15. The first-order valence-corrected chi connectivity index (χ1v) is 8.33. The molecule has 0 bridgehead atoms. The zero-order valence-electron chi connectivity index (χ0n) is 15.0. The van der Waals surface area contributed by atoms with Gasteiger partial charge in [0.1, 0.15) is 11.4 Å². The molecule has 25 heavy (non-hydrogen) atoms. The summed E-state index contributed by atoms with van der Waals surface area (Å²) in [6.45, 7) is 6.78. The molecule has 0 aliphatic carbocycles. The molecule has 1 atom stereocenters. The van der Waals surface area contributed by atoms with Gasteiger partial charge in [0.25, 0.3) is 0 Å². The van der Waals surface area contributed by atoms with Crippen LogP contribution in [0.2, 0.25) is 0 Å². The Morgan fingerprint density at radius 2 is 2.08 bits per heavy atom. The fourth-order valence-corrected chi connectivity index (χ4v) is 2.94. The van der Waals surface area contributed by atoms with Crippen molar-refractivity contribution in [2.45, 2.75) is 38.7 Å². The van der Waals surface area contributed by atoms with Crippen molar-refractivity contribution >= 4 is 23.1 Å². The van der Waals surface area contributed by atoms with E-state index in [0.29, 0.717) is 18.7 Å². The van der Waals surface area contributed by atoms with Crippen LogP contribution in [0.1, 0.15) is 49.3 Å². The van der Waals surface area contributed by atoms with Crippen molar-refractivity contribution in [1.29, 1.82) is 0 Å². The monoisotopic (exact) mass is 345 g/mol. The van der Waals surface area contributed by atoms with Crippen LogP contribution in [0.25, 0.3) is 11.0 Å². The fourth-order valence-electron chi connectivity index (χ4n) is 2.94. The highest BCUT2D eigenvalue weighted by atomic mass is 16.6. The number of hydrogen-bond acceptors (Lipinski definition) is 5. The summed E-state index contributed by atoms with van der Waals surface area (Å²) in [4.78, 5) is 33.4. The van der Waals surface area contributed by atoms with Crippen LogP contribution in [0.4, 0.5) is 4.79 Å². The number of aromatic amines is 1. The molecule has 7 nitrogen and oxygen atoms in total. The van der Waals surface area contributed by atoms with Crippen LogP contribution in [0.15, 0.2) is 18.2 Å². The molecular formula is C18H23N3O4. The molecule has 1 N–H and O–H groups in total. The average Bonchev–Trinajstić information content (AvgIpc) is 3.18. The molecule has 134 valence electrons. The first-order valence-electron chi connectivity index (χ1n) is 8.33. The number of methoxy groups -OCH3 is 1. The molecule has 1 saturated heterocycles. The van der Waals surface area contributed by atoms with E-state index in [9.17, 15) is 9.59 Å². The van der Waals surface area contributed by atoms with Crippen molar-refractivity contribution in [1.82, 2.24) is 14.9 Å². The van der Waals surface area contributed by atoms with Crippen LogP contribution in [-0.4, -0.2) is 52.7 Å². The Bertz CT molecular complexity index is 806. The van der Waals surface area contributed by atoms with Crippen LogP contribution in [0.5, 0.6) is 0 Å². The third kappa shape index (κ3) is 3.75. The van der Waals surface area contributed by atoms with E-state index in [4.69, 9.17) is 9.47 Å². The quantitative estimate of drug-likeness (QED) is 0.846. The van der Waals surface area contributed by atoms with Gasteiger partial charge in [0, 0.05) is 19.0 Å². The Hall–Kier alpha value is -2.57. The summed E-state index contributed by atoms with van der Waals surface area (Å²) < 4.78 is 10.2. The molecule has 1 aromatic heterocycles. The van der Waals surface area contributed by atoms with Gasteiger partial charge in [-0.2, -0.15) is 0 Å². The van der Waals surface area contributed by atoms with Gasteiger partial charge in [-0.3, -0.25) is 0 Å². The number of likely N-dealkylation sites (tertiary alicyclic amines) is 1. The molecule has 3 rings (SSSR count). The fraction of sp³-hybridized carbons (Fsp3) is 0.500. The summed E-state index contributed by atoms with van der Waals surface area (Å²) in [5.74, 6) is 0.569. The number of H-pyrrole nitrogens is 1. The number of hydrogen-bond donors (Lipinski definition) is 1. The maximum atomic E-state index is 12.2. The van der Waals surface area contributed by atoms with Gasteiger partial charge in [0.15, 0.2) is 0 Å². The molecular weight excluding hydrogens is 322 g/mol. The van der Waals surface area contributed by atoms with Crippen molar-refractivity contribution in [3.8, 4) is 0 Å². The molecule has 1 aliphatic heterocycles. The van der Waals surface area contributed by atoms with Crippen LogP contribution in [0.3, 0.4) is 0 Å². The van der Waals surface area contributed by atoms with E-state index in [1.165, 1.54) is 7.11 Å². The first-order chi connectivity index (χ1) is 11.8. The number of carbonyl (C=O) groups is 2. The Kier molecular flexibility index (Phi) is 4.41. The minimum atomic E-state index is -0.501. The Balaban J connectivity index is 1.74. The number of ether oxygens (including phenoxy) is 2. The van der Waals surface area contributed by atoms with Gasteiger partial charge in [-0.15, -0.1) is 0 Å². The second-order valence-electron chi connectivity index (χ2n) is 7.26. The molecule has 7 heteroatoms. The minimum absolute atomic E-state index is 0.126. The molecule has 0 radical (unpaired) electrons. The highest BCUT2D eigenvalue weighted by molar-refractivity contribution is 5.93. The van der Waals surface area contributed by atoms with E-state index >= 15 is 0 Å². The summed E-state index contributed by atoms with van der Waals surface area (Å²) >= 11 is 0. The van der Waals surface area contributed by atoms with E-state index in [0.717, 1.165) is 23.3 Å². The standard InChI is InChI=1S/C18H23N3O4/c1-18(2,3)25-17(23)21-8-7-12(10-21)15-19-13-6-5-11(16(22)24-4)9-14(13)20-15/h5-6,9,12H,7-8,10H2,1-4H3,(H,19,20). The van der Waals surface area contributed by atoms with Gasteiger partial charge in [-0.05, 0) is 45.4 Å². The van der Waals surface area contributed by atoms with Crippen molar-refractivity contribution in [2.24, 2.45) is 0 Å². The Labute approximate surface area is 146 Å². The van der Waals surface area contributed by atoms with Crippen molar-refractivity contribution in [3.63, 3.8) is 0 Å². The summed E-state index contributed by atoms with van der Waals surface area (Å²) in [5.41, 5.74) is 1.55. The summed E-state index contributed by atoms with van der Waals surface area (Å²) in [7, 11) is 1.36. The maximum Gasteiger partial charge on any atom is 0.410 e. The lowest BCUT2D eigenvalue weighted by molar-refractivity contribution is 0.0292. The van der Waals surface area contributed by atoms with E-state index in [2.05, 4.69) is 9.97 Å².